The lowest BCUT2D eigenvalue weighted by Crippen LogP contribution is -2.47. The second-order valence-corrected chi connectivity index (χ2v) is 5.53. The Hall–Kier alpha value is -2.59. The summed E-state index contributed by atoms with van der Waals surface area (Å²) in [5.74, 6) is -0.409. The van der Waals surface area contributed by atoms with Crippen LogP contribution in [0.15, 0.2) is 29.2 Å². The number of aromatic nitrogens is 2. The van der Waals surface area contributed by atoms with Crippen molar-refractivity contribution in [2.24, 2.45) is 0 Å². The molecule has 0 spiro atoms. The molecule has 2 aromatic rings. The predicted molar refractivity (Wildman–Crippen MR) is 85.4 cm³/mol. The zero-order valence-corrected chi connectivity index (χ0v) is 12.8. The Morgan fingerprint density at radius 2 is 1.87 bits per heavy atom. The molecule has 1 aliphatic heterocycles. The molecule has 8 heteroatoms. The molecule has 118 valence electrons. The van der Waals surface area contributed by atoms with Gasteiger partial charge in [0, 0.05) is 26.2 Å². The Labute approximate surface area is 136 Å². The third-order valence-electron chi connectivity index (χ3n) is 3.81. The summed E-state index contributed by atoms with van der Waals surface area (Å²) < 4.78 is 14.1. The second kappa shape index (κ2) is 6.26. The maximum absolute atomic E-state index is 14.1. The van der Waals surface area contributed by atoms with Crippen LogP contribution >= 0.6 is 11.6 Å². The first-order chi connectivity index (χ1) is 11.1. The number of H-pyrrole nitrogens is 1. The Bertz CT molecular complexity index is 823. The number of nitrogens with zero attached hydrogens (tertiary/aromatic N) is 4. The van der Waals surface area contributed by atoms with Crippen LogP contribution in [0.2, 0.25) is 5.02 Å². The zero-order valence-electron chi connectivity index (χ0n) is 12.1. The van der Waals surface area contributed by atoms with Gasteiger partial charge in [-0.25, -0.2) is 9.49 Å². The molecule has 1 aliphatic rings. The second-order valence-electron chi connectivity index (χ2n) is 5.15. The number of halogens is 2. The highest BCUT2D eigenvalue weighted by atomic mass is 35.5. The van der Waals surface area contributed by atoms with E-state index in [1.54, 1.807) is 12.1 Å². The third-order valence-corrected chi connectivity index (χ3v) is 4.18. The van der Waals surface area contributed by atoms with Gasteiger partial charge in [-0.05, 0) is 18.2 Å². The van der Waals surface area contributed by atoms with E-state index in [1.807, 2.05) is 15.9 Å². The van der Waals surface area contributed by atoms with Crippen molar-refractivity contribution in [3.63, 3.8) is 0 Å². The fourth-order valence-corrected chi connectivity index (χ4v) is 2.83. The van der Waals surface area contributed by atoms with Crippen LogP contribution in [0.3, 0.4) is 0 Å². The Morgan fingerprint density at radius 3 is 2.48 bits per heavy atom. The minimum atomic E-state index is -0.426. The number of anilines is 2. The standard InChI is InChI=1S/C15H13ClFN5O/c16-14-13(9-19-20-15(14)23)22-5-3-21(4-6-22)12-2-1-10(8-18)7-11(12)17/h1-2,7,9H,3-6H2,(H,20,23). The number of nitriles is 1. The lowest BCUT2D eigenvalue weighted by molar-refractivity contribution is 0.597. The van der Waals surface area contributed by atoms with Crippen molar-refractivity contribution in [2.45, 2.75) is 0 Å². The quantitative estimate of drug-likeness (QED) is 0.906. The zero-order chi connectivity index (χ0) is 16.4. The highest BCUT2D eigenvalue weighted by molar-refractivity contribution is 6.33. The van der Waals surface area contributed by atoms with Crippen molar-refractivity contribution < 1.29 is 4.39 Å². The molecule has 0 atom stereocenters. The van der Waals surface area contributed by atoms with Gasteiger partial charge < -0.3 is 9.80 Å². The molecule has 0 bridgehead atoms. The van der Waals surface area contributed by atoms with Crippen molar-refractivity contribution in [1.29, 1.82) is 5.26 Å². The normalized spacial score (nSPS) is 14.7. The fourth-order valence-electron chi connectivity index (χ4n) is 2.62. The van der Waals surface area contributed by atoms with E-state index in [1.165, 1.54) is 12.3 Å². The molecule has 1 aromatic carbocycles. The van der Waals surface area contributed by atoms with Crippen LogP contribution in [-0.4, -0.2) is 36.4 Å². The van der Waals surface area contributed by atoms with Crippen molar-refractivity contribution in [1.82, 2.24) is 10.2 Å². The number of hydrogen-bond acceptors (Lipinski definition) is 5. The Morgan fingerprint density at radius 1 is 1.22 bits per heavy atom. The van der Waals surface area contributed by atoms with Crippen molar-refractivity contribution >= 4 is 23.0 Å². The first kappa shape index (κ1) is 15.3. The molecule has 2 heterocycles. The largest absolute Gasteiger partial charge is 0.366 e. The summed E-state index contributed by atoms with van der Waals surface area (Å²) >= 11 is 6.01. The Balaban J connectivity index is 1.75. The van der Waals surface area contributed by atoms with E-state index in [0.717, 1.165) is 0 Å². The first-order valence-electron chi connectivity index (χ1n) is 7.03. The van der Waals surface area contributed by atoms with Gasteiger partial charge in [-0.1, -0.05) is 11.6 Å². The summed E-state index contributed by atoms with van der Waals surface area (Å²) in [6.45, 7) is 2.33. The molecular formula is C15H13ClFN5O. The lowest BCUT2D eigenvalue weighted by atomic mass is 10.1. The van der Waals surface area contributed by atoms with Crippen molar-refractivity contribution in [3.8, 4) is 6.07 Å². The molecule has 1 N–H and O–H groups in total. The van der Waals surface area contributed by atoms with Gasteiger partial charge in [0.1, 0.15) is 10.8 Å². The molecule has 0 radical (unpaired) electrons. The van der Waals surface area contributed by atoms with Gasteiger partial charge in [0.05, 0.1) is 29.2 Å². The highest BCUT2D eigenvalue weighted by Gasteiger charge is 2.22. The van der Waals surface area contributed by atoms with Crippen LogP contribution < -0.4 is 15.4 Å². The van der Waals surface area contributed by atoms with Gasteiger partial charge in [0.25, 0.3) is 5.56 Å². The maximum Gasteiger partial charge on any atom is 0.285 e. The topological polar surface area (TPSA) is 76.0 Å². The van der Waals surface area contributed by atoms with Gasteiger partial charge in [0.2, 0.25) is 0 Å². The van der Waals surface area contributed by atoms with E-state index in [4.69, 9.17) is 16.9 Å². The van der Waals surface area contributed by atoms with Gasteiger partial charge in [-0.15, -0.1) is 0 Å². The van der Waals surface area contributed by atoms with E-state index in [2.05, 4.69) is 10.2 Å². The number of piperazine rings is 1. The molecule has 0 aliphatic carbocycles. The number of aromatic amines is 1. The SMILES string of the molecule is N#Cc1ccc(N2CCN(c3cn[nH]c(=O)c3Cl)CC2)c(F)c1. The van der Waals surface area contributed by atoms with Crippen LogP contribution in [0.25, 0.3) is 0 Å². The van der Waals surface area contributed by atoms with E-state index in [9.17, 15) is 9.18 Å². The number of hydrogen-bond donors (Lipinski definition) is 1. The van der Waals surface area contributed by atoms with E-state index < -0.39 is 11.4 Å². The lowest BCUT2D eigenvalue weighted by Gasteiger charge is -2.37. The summed E-state index contributed by atoms with van der Waals surface area (Å²) in [6.07, 6.45) is 1.52. The average molecular weight is 334 g/mol. The molecule has 23 heavy (non-hydrogen) atoms. The average Bonchev–Trinajstić information content (AvgIpc) is 2.57. The summed E-state index contributed by atoms with van der Waals surface area (Å²) in [7, 11) is 0. The van der Waals surface area contributed by atoms with Crippen LogP contribution in [0.5, 0.6) is 0 Å². The van der Waals surface area contributed by atoms with E-state index in [-0.39, 0.29) is 5.02 Å². The van der Waals surface area contributed by atoms with Crippen molar-refractivity contribution in [3.05, 3.63) is 51.2 Å². The summed E-state index contributed by atoms with van der Waals surface area (Å²) in [4.78, 5) is 15.4. The monoisotopic (exact) mass is 333 g/mol. The van der Waals surface area contributed by atoms with Gasteiger partial charge in [-0.2, -0.15) is 10.4 Å². The third kappa shape index (κ3) is 2.98. The highest BCUT2D eigenvalue weighted by Crippen LogP contribution is 2.25. The minimum Gasteiger partial charge on any atom is -0.366 e. The van der Waals surface area contributed by atoms with Gasteiger partial charge in [-0.3, -0.25) is 4.79 Å². The molecule has 3 rings (SSSR count). The summed E-state index contributed by atoms with van der Waals surface area (Å²) in [6, 6.07) is 6.37. The van der Waals surface area contributed by atoms with Crippen LogP contribution in [-0.2, 0) is 0 Å². The Kier molecular flexibility index (Phi) is 4.17. The molecule has 6 nitrogen and oxygen atoms in total. The molecule has 1 aromatic heterocycles. The van der Waals surface area contributed by atoms with Gasteiger partial charge in [0.15, 0.2) is 0 Å². The summed E-state index contributed by atoms with van der Waals surface area (Å²) in [5.41, 5.74) is 0.921. The number of nitrogens with one attached hydrogen (secondary N) is 1. The maximum atomic E-state index is 14.1. The van der Waals surface area contributed by atoms with Crippen molar-refractivity contribution in [2.75, 3.05) is 36.0 Å². The van der Waals surface area contributed by atoms with Crippen LogP contribution in [0, 0.1) is 17.1 Å². The summed E-state index contributed by atoms with van der Waals surface area (Å²) in [5, 5.41) is 14.9. The molecule has 0 amide bonds. The molecule has 1 saturated heterocycles. The molecule has 0 saturated carbocycles. The molecule has 1 fully saturated rings. The van der Waals surface area contributed by atoms with Crippen LogP contribution in [0.1, 0.15) is 5.56 Å². The van der Waals surface area contributed by atoms with E-state index in [0.29, 0.717) is 43.1 Å². The predicted octanol–water partition coefficient (Wildman–Crippen LogP) is 1.76. The number of rotatable bonds is 2. The molecular weight excluding hydrogens is 321 g/mol. The molecule has 0 unspecified atom stereocenters. The first-order valence-corrected chi connectivity index (χ1v) is 7.40. The minimum absolute atomic E-state index is 0.109. The fraction of sp³-hybridized carbons (Fsp3) is 0.267. The van der Waals surface area contributed by atoms with E-state index >= 15 is 0 Å². The van der Waals surface area contributed by atoms with Gasteiger partial charge >= 0.3 is 0 Å². The smallest absolute Gasteiger partial charge is 0.285 e. The number of benzene rings is 1. The van der Waals surface area contributed by atoms with Crippen LogP contribution in [0.4, 0.5) is 15.8 Å².